The van der Waals surface area contributed by atoms with E-state index in [1.54, 1.807) is 13.0 Å². The van der Waals surface area contributed by atoms with Crippen LogP contribution in [0.1, 0.15) is 18.4 Å². The largest absolute Gasteiger partial charge is 0.392 e. The third-order valence-electron chi connectivity index (χ3n) is 3.67. The lowest BCUT2D eigenvalue weighted by atomic mass is 9.79. The number of nitrogens with one attached hydrogen (secondary N) is 1. The lowest BCUT2D eigenvalue weighted by Gasteiger charge is -2.34. The van der Waals surface area contributed by atoms with Crippen LogP contribution in [0.5, 0.6) is 0 Å². The van der Waals surface area contributed by atoms with Crippen LogP contribution in [-0.4, -0.2) is 24.1 Å². The molecule has 1 fully saturated rings. The Morgan fingerprint density at radius 1 is 1.45 bits per heavy atom. The third kappa shape index (κ3) is 2.81. The van der Waals surface area contributed by atoms with Crippen LogP contribution in [0, 0.1) is 18.2 Å². The Hall–Kier alpha value is -1.53. The van der Waals surface area contributed by atoms with Gasteiger partial charge in [0.25, 0.3) is 0 Å². The highest BCUT2D eigenvalue weighted by atomic mass is 32.1. The fraction of sp³-hybridized carbons (Fsp3) is 0.429. The molecule has 0 spiro atoms. The van der Waals surface area contributed by atoms with Gasteiger partial charge in [-0.3, -0.25) is 4.79 Å². The van der Waals surface area contributed by atoms with Crippen LogP contribution < -0.4 is 11.1 Å². The Bertz CT molecular complexity index is 542. The summed E-state index contributed by atoms with van der Waals surface area (Å²) in [5.41, 5.74) is 5.90. The van der Waals surface area contributed by atoms with Crippen LogP contribution in [0.25, 0.3) is 0 Å². The zero-order valence-electron chi connectivity index (χ0n) is 11.2. The molecule has 108 valence electrons. The molecule has 1 aromatic carbocycles. The van der Waals surface area contributed by atoms with E-state index in [9.17, 15) is 9.18 Å². The molecule has 1 heterocycles. The summed E-state index contributed by atoms with van der Waals surface area (Å²) in [4.78, 5) is 12.7. The highest BCUT2D eigenvalue weighted by Gasteiger charge is 2.43. The van der Waals surface area contributed by atoms with Crippen molar-refractivity contribution in [2.45, 2.75) is 19.8 Å². The van der Waals surface area contributed by atoms with Gasteiger partial charge in [0.1, 0.15) is 11.2 Å². The molecular formula is C14H17FN2O2S. The molecule has 3 N–H and O–H groups in total. The van der Waals surface area contributed by atoms with Gasteiger partial charge in [-0.2, -0.15) is 0 Å². The second-order valence-corrected chi connectivity index (χ2v) is 5.42. The number of amides is 1. The fourth-order valence-electron chi connectivity index (χ4n) is 2.28. The van der Waals surface area contributed by atoms with E-state index < -0.39 is 5.41 Å². The van der Waals surface area contributed by atoms with Crippen molar-refractivity contribution in [1.29, 1.82) is 0 Å². The summed E-state index contributed by atoms with van der Waals surface area (Å²) in [6.07, 6.45) is 0.933. The number of anilines is 1. The van der Waals surface area contributed by atoms with E-state index in [0.717, 1.165) is 0 Å². The normalized spacial score (nSPS) is 17.5. The summed E-state index contributed by atoms with van der Waals surface area (Å²) in [6.45, 7) is 2.54. The minimum absolute atomic E-state index is 0.178. The maximum atomic E-state index is 13.2. The molecular weight excluding hydrogens is 279 g/mol. The predicted octanol–water partition coefficient (Wildman–Crippen LogP) is 2.16. The molecule has 0 aromatic heterocycles. The topological polar surface area (TPSA) is 64.4 Å². The van der Waals surface area contributed by atoms with Gasteiger partial charge in [0.2, 0.25) is 5.91 Å². The van der Waals surface area contributed by atoms with Crippen molar-refractivity contribution in [2.75, 3.05) is 18.5 Å². The maximum absolute atomic E-state index is 13.2. The Morgan fingerprint density at radius 3 is 2.65 bits per heavy atom. The van der Waals surface area contributed by atoms with Crippen LogP contribution >= 0.6 is 12.2 Å². The zero-order valence-corrected chi connectivity index (χ0v) is 12.1. The summed E-state index contributed by atoms with van der Waals surface area (Å²) in [6, 6.07) is 4.43. The average molecular weight is 296 g/mol. The summed E-state index contributed by atoms with van der Waals surface area (Å²) in [7, 11) is 0. The van der Waals surface area contributed by atoms with Gasteiger partial charge in [-0.15, -0.1) is 0 Å². The minimum Gasteiger partial charge on any atom is -0.392 e. The zero-order chi connectivity index (χ0) is 14.8. The van der Waals surface area contributed by atoms with Gasteiger partial charge >= 0.3 is 0 Å². The fourth-order valence-corrected chi connectivity index (χ4v) is 2.58. The molecule has 6 heteroatoms. The number of halogens is 1. The van der Waals surface area contributed by atoms with Crippen molar-refractivity contribution in [2.24, 2.45) is 11.1 Å². The first-order chi connectivity index (χ1) is 9.45. The van der Waals surface area contributed by atoms with E-state index in [1.807, 2.05) is 0 Å². The summed E-state index contributed by atoms with van der Waals surface area (Å²) in [5.74, 6) is -0.558. The number of benzene rings is 1. The number of carbonyl (C=O) groups is 1. The number of rotatable bonds is 3. The van der Waals surface area contributed by atoms with Crippen LogP contribution in [0.4, 0.5) is 10.1 Å². The first-order valence-corrected chi connectivity index (χ1v) is 6.82. The highest BCUT2D eigenvalue weighted by molar-refractivity contribution is 7.80. The van der Waals surface area contributed by atoms with Crippen molar-refractivity contribution in [3.63, 3.8) is 0 Å². The molecule has 0 aliphatic carbocycles. The number of hydrogen-bond acceptors (Lipinski definition) is 3. The molecule has 1 aliphatic rings. The van der Waals surface area contributed by atoms with Crippen LogP contribution in [0.15, 0.2) is 18.2 Å². The summed E-state index contributed by atoms with van der Waals surface area (Å²) in [5, 5.41) is 2.77. The molecule has 1 aliphatic heterocycles. The molecule has 0 saturated carbocycles. The van der Waals surface area contributed by atoms with Crippen molar-refractivity contribution in [1.82, 2.24) is 0 Å². The minimum atomic E-state index is -0.879. The predicted molar refractivity (Wildman–Crippen MR) is 79.0 cm³/mol. The smallest absolute Gasteiger partial charge is 0.237 e. The Labute approximate surface area is 122 Å². The molecule has 0 radical (unpaired) electrons. The number of nitrogens with two attached hydrogens (primary N) is 1. The van der Waals surface area contributed by atoms with E-state index in [1.165, 1.54) is 12.1 Å². The molecule has 1 saturated heterocycles. The van der Waals surface area contributed by atoms with Crippen LogP contribution in [-0.2, 0) is 9.53 Å². The molecule has 1 amide bonds. The lowest BCUT2D eigenvalue weighted by Crippen LogP contribution is -2.49. The first kappa shape index (κ1) is 14.9. The quantitative estimate of drug-likeness (QED) is 0.839. The molecule has 4 nitrogen and oxygen atoms in total. The second-order valence-electron chi connectivity index (χ2n) is 4.98. The molecule has 20 heavy (non-hydrogen) atoms. The highest BCUT2D eigenvalue weighted by Crippen LogP contribution is 2.32. The van der Waals surface area contributed by atoms with Crippen molar-refractivity contribution < 1.29 is 13.9 Å². The van der Waals surface area contributed by atoms with Crippen molar-refractivity contribution >= 4 is 28.8 Å². The summed E-state index contributed by atoms with van der Waals surface area (Å²) >= 11 is 5.07. The van der Waals surface area contributed by atoms with Gasteiger partial charge in [-0.25, -0.2) is 4.39 Å². The van der Waals surface area contributed by atoms with Gasteiger partial charge in [0, 0.05) is 18.9 Å². The lowest BCUT2D eigenvalue weighted by molar-refractivity contribution is -0.126. The second kappa shape index (κ2) is 5.85. The Morgan fingerprint density at radius 2 is 2.10 bits per heavy atom. The number of carbonyl (C=O) groups excluding carboxylic acids is 1. The van der Waals surface area contributed by atoms with Gasteiger partial charge in [0.05, 0.1) is 4.99 Å². The van der Waals surface area contributed by atoms with E-state index in [2.05, 4.69) is 5.32 Å². The van der Waals surface area contributed by atoms with Gasteiger partial charge < -0.3 is 15.8 Å². The molecule has 0 atom stereocenters. The van der Waals surface area contributed by atoms with Gasteiger partial charge in [0.15, 0.2) is 0 Å². The summed E-state index contributed by atoms with van der Waals surface area (Å²) < 4.78 is 18.5. The first-order valence-electron chi connectivity index (χ1n) is 6.41. The van der Waals surface area contributed by atoms with Gasteiger partial charge in [-0.05, 0) is 43.5 Å². The average Bonchev–Trinajstić information content (AvgIpc) is 2.43. The number of thiocarbonyl (C=S) groups is 1. The standard InChI is InChI=1S/C14H17FN2O2S/c1-9-8-10(2-3-11(9)15)17-13(18)14(12(16)20)4-6-19-7-5-14/h2-3,8H,4-7H2,1H3,(H2,16,20)(H,17,18). The number of hydrogen-bond donors (Lipinski definition) is 2. The number of ether oxygens (including phenoxy) is 1. The third-order valence-corrected chi connectivity index (χ3v) is 4.06. The van der Waals surface area contributed by atoms with Crippen LogP contribution in [0.3, 0.4) is 0 Å². The molecule has 0 unspecified atom stereocenters. The van der Waals surface area contributed by atoms with Crippen molar-refractivity contribution in [3.05, 3.63) is 29.6 Å². The monoisotopic (exact) mass is 296 g/mol. The number of aryl methyl sites for hydroxylation is 1. The van der Waals surface area contributed by atoms with E-state index in [-0.39, 0.29) is 16.7 Å². The molecule has 2 rings (SSSR count). The van der Waals surface area contributed by atoms with Gasteiger partial charge in [-0.1, -0.05) is 12.2 Å². The van der Waals surface area contributed by atoms with Crippen molar-refractivity contribution in [3.8, 4) is 0 Å². The van der Waals surface area contributed by atoms with E-state index in [0.29, 0.717) is 37.3 Å². The Balaban J connectivity index is 2.20. The molecule has 0 bridgehead atoms. The van der Waals surface area contributed by atoms with E-state index >= 15 is 0 Å². The molecule has 1 aromatic rings. The maximum Gasteiger partial charge on any atom is 0.237 e. The van der Waals surface area contributed by atoms with Crippen LogP contribution in [0.2, 0.25) is 0 Å². The van der Waals surface area contributed by atoms with E-state index in [4.69, 9.17) is 22.7 Å². The SMILES string of the molecule is Cc1cc(NC(=O)C2(C(N)=S)CCOCC2)ccc1F. The Kier molecular flexibility index (Phi) is 4.35.